The van der Waals surface area contributed by atoms with E-state index in [1.165, 1.54) is 28.1 Å². The highest BCUT2D eigenvalue weighted by Gasteiger charge is 2.29. The zero-order chi connectivity index (χ0) is 44.2. The van der Waals surface area contributed by atoms with E-state index in [1.54, 1.807) is 12.4 Å². The molecule has 4 aromatic carbocycles. The smallest absolute Gasteiger partial charge is 0.224 e. The first-order valence-electron chi connectivity index (χ1n) is 20.0. The number of hydrogen-bond acceptors (Lipinski definition) is 12. The van der Waals surface area contributed by atoms with Crippen LogP contribution >= 0.6 is 58.0 Å². The molecule has 0 radical (unpaired) electrons. The van der Waals surface area contributed by atoms with Crippen molar-refractivity contribution in [1.29, 1.82) is 0 Å². The summed E-state index contributed by atoms with van der Waals surface area (Å²) in [6.07, 6.45) is 5.26. The minimum absolute atomic E-state index is 0.145. The lowest BCUT2D eigenvalue weighted by molar-refractivity contribution is 0.521. The van der Waals surface area contributed by atoms with E-state index in [-0.39, 0.29) is 17.9 Å². The molecule has 14 nitrogen and oxygen atoms in total. The van der Waals surface area contributed by atoms with Crippen molar-refractivity contribution >= 4 is 109 Å². The van der Waals surface area contributed by atoms with Crippen LogP contribution in [0.25, 0.3) is 22.1 Å². The van der Waals surface area contributed by atoms with Gasteiger partial charge in [0.1, 0.15) is 11.0 Å². The van der Waals surface area contributed by atoms with Crippen LogP contribution in [-0.2, 0) is 25.9 Å². The van der Waals surface area contributed by atoms with Gasteiger partial charge in [-0.05, 0) is 78.5 Å². The second-order valence-electron chi connectivity index (χ2n) is 15.2. The predicted molar refractivity (Wildman–Crippen MR) is 258 cm³/mol. The molecule has 2 aliphatic rings. The van der Waals surface area contributed by atoms with Crippen molar-refractivity contribution in [3.05, 3.63) is 145 Å². The van der Waals surface area contributed by atoms with Crippen molar-refractivity contribution in [1.82, 2.24) is 45.6 Å². The fraction of sp³-hybridized carbons (Fsp3) is 0.227. The minimum atomic E-state index is 0.145. The number of fused-ring (bicyclic) bond motifs is 4. The molecule has 2 atom stereocenters. The second kappa shape index (κ2) is 19.4. The molecule has 0 saturated carbocycles. The van der Waals surface area contributed by atoms with E-state index < -0.39 is 0 Å². The summed E-state index contributed by atoms with van der Waals surface area (Å²) in [5.74, 6) is 1.14. The van der Waals surface area contributed by atoms with Gasteiger partial charge in [0.05, 0.1) is 49.3 Å². The highest BCUT2D eigenvalue weighted by molar-refractivity contribution is 6.42. The lowest BCUT2D eigenvalue weighted by Gasteiger charge is -2.40. The number of aromatic nitrogens is 8. The topological polar surface area (TPSA) is 183 Å². The molecule has 0 amide bonds. The number of aromatic amines is 2. The van der Waals surface area contributed by atoms with Gasteiger partial charge in [-0.25, -0.2) is 4.98 Å². The Balaban J connectivity index is 0.000000146. The first-order chi connectivity index (χ1) is 30.4. The number of halogens is 5. The molecular weight excluding hydrogens is 902 g/mol. The fourth-order valence-electron chi connectivity index (χ4n) is 7.91. The monoisotopic (exact) mass is 942 g/mol. The van der Waals surface area contributed by atoms with Gasteiger partial charge in [-0.3, -0.25) is 10.2 Å². The molecule has 0 aliphatic carbocycles. The fourth-order valence-corrected chi connectivity index (χ4v) is 8.78. The number of anilines is 5. The van der Waals surface area contributed by atoms with Crippen LogP contribution in [0.4, 0.5) is 29.1 Å². The Kier molecular flexibility index (Phi) is 13.6. The summed E-state index contributed by atoms with van der Waals surface area (Å²) < 4.78 is 0. The summed E-state index contributed by atoms with van der Waals surface area (Å²) in [6, 6.07) is 29.4. The summed E-state index contributed by atoms with van der Waals surface area (Å²) in [5, 5.41) is 21.0. The summed E-state index contributed by atoms with van der Waals surface area (Å²) in [6.45, 7) is 3.38. The van der Waals surface area contributed by atoms with Crippen molar-refractivity contribution in [2.75, 3.05) is 53.4 Å². The zero-order valence-corrected chi connectivity index (χ0v) is 38.0. The number of nitrogen functional groups attached to an aromatic ring is 2. The molecule has 0 spiro atoms. The van der Waals surface area contributed by atoms with Crippen molar-refractivity contribution < 1.29 is 0 Å². The van der Waals surface area contributed by atoms with Gasteiger partial charge >= 0.3 is 0 Å². The van der Waals surface area contributed by atoms with Crippen LogP contribution < -0.4 is 31.5 Å². The van der Waals surface area contributed by atoms with E-state index >= 15 is 0 Å². The van der Waals surface area contributed by atoms with E-state index in [9.17, 15) is 0 Å². The average molecular weight is 945 g/mol. The Bertz CT molecular complexity index is 2870. The molecule has 0 bridgehead atoms. The van der Waals surface area contributed by atoms with Crippen LogP contribution in [0.1, 0.15) is 22.3 Å². The number of nitrogens with two attached hydrogens (primary N) is 2. The highest BCUT2D eigenvalue weighted by Crippen LogP contribution is 2.34. The lowest BCUT2D eigenvalue weighted by atomic mass is 9.96. The van der Waals surface area contributed by atoms with Crippen LogP contribution in [0.5, 0.6) is 0 Å². The normalized spacial score (nSPS) is 15.5. The number of para-hydroxylation sites is 2. The molecule has 0 fully saturated rings. The Hall–Kier alpha value is -5.61. The van der Waals surface area contributed by atoms with E-state index in [4.69, 9.17) is 69.5 Å². The Morgan fingerprint density at radius 1 is 0.651 bits per heavy atom. The molecule has 7 N–H and O–H groups in total. The van der Waals surface area contributed by atoms with Crippen LogP contribution in [-0.4, -0.2) is 79.6 Å². The highest BCUT2D eigenvalue weighted by atomic mass is 35.5. The molecule has 19 heteroatoms. The van der Waals surface area contributed by atoms with Gasteiger partial charge in [0.15, 0.2) is 11.3 Å². The largest absolute Gasteiger partial charge is 0.368 e. The van der Waals surface area contributed by atoms with E-state index in [0.717, 1.165) is 55.8 Å². The molecule has 10 rings (SSSR count). The van der Waals surface area contributed by atoms with Gasteiger partial charge in [-0.2, -0.15) is 25.1 Å². The Morgan fingerprint density at radius 2 is 1.17 bits per heavy atom. The average Bonchev–Trinajstić information content (AvgIpc) is 3.96. The Morgan fingerprint density at radius 3 is 1.76 bits per heavy atom. The van der Waals surface area contributed by atoms with Crippen molar-refractivity contribution in [3.8, 4) is 0 Å². The number of benzene rings is 4. The molecule has 0 saturated heterocycles. The second-order valence-corrected chi connectivity index (χ2v) is 17.2. The van der Waals surface area contributed by atoms with Gasteiger partial charge < -0.3 is 31.5 Å². The van der Waals surface area contributed by atoms with Gasteiger partial charge in [0, 0.05) is 50.6 Å². The zero-order valence-electron chi connectivity index (χ0n) is 34.2. The summed E-state index contributed by atoms with van der Waals surface area (Å²) in [5.41, 5.74) is 20.0. The lowest BCUT2D eigenvalue weighted by Crippen LogP contribution is -2.47. The van der Waals surface area contributed by atoms with Gasteiger partial charge in [0.25, 0.3) is 0 Å². The predicted octanol–water partition coefficient (Wildman–Crippen LogP) is 9.04. The first-order valence-corrected chi connectivity index (χ1v) is 21.8. The van der Waals surface area contributed by atoms with Crippen molar-refractivity contribution in [2.24, 2.45) is 0 Å². The van der Waals surface area contributed by atoms with Crippen LogP contribution in [0, 0.1) is 0 Å². The van der Waals surface area contributed by atoms with Crippen LogP contribution in [0.3, 0.4) is 0 Å². The number of nitrogens with one attached hydrogen (secondary N) is 3. The minimum Gasteiger partial charge on any atom is -0.368 e. The maximum Gasteiger partial charge on any atom is 0.224 e. The molecule has 2 aliphatic heterocycles. The third-order valence-corrected chi connectivity index (χ3v) is 12.8. The van der Waals surface area contributed by atoms with Crippen LogP contribution in [0.15, 0.2) is 97.3 Å². The molecule has 324 valence electrons. The van der Waals surface area contributed by atoms with E-state index in [0.29, 0.717) is 48.0 Å². The van der Waals surface area contributed by atoms with Crippen molar-refractivity contribution in [3.63, 3.8) is 0 Å². The molecule has 8 aromatic rings. The molecule has 4 aromatic heterocycles. The van der Waals surface area contributed by atoms with Crippen LogP contribution in [0.2, 0.25) is 25.2 Å². The van der Waals surface area contributed by atoms with Gasteiger partial charge in [-0.15, -0.1) is 0 Å². The summed E-state index contributed by atoms with van der Waals surface area (Å²) in [7, 11) is 4.07. The van der Waals surface area contributed by atoms with E-state index in [1.807, 2.05) is 50.5 Å². The molecular formula is C44H43Cl5N14. The quantitative estimate of drug-likeness (QED) is 0.0958. The number of hydrogen-bond donors (Lipinski definition) is 5. The molecule has 6 heterocycles. The maximum atomic E-state index is 6.26. The maximum absolute atomic E-state index is 6.26. The number of likely N-dealkylation sites (N-methyl/N-ethyl adjacent to an activating group) is 2. The van der Waals surface area contributed by atoms with E-state index in [2.05, 4.69) is 109 Å². The standard InChI is InChI=1S/C22H21Cl2N7.C17H18Cl2N2.C5H4ClN5/c1-30(21-16-10-26-29-20(16)27-22(25)28-21)15-9-14-4-2-3-5-19(14)31(12-15)11-13-6-7-17(23)18(24)8-13;1-20-14-9-13-4-2-3-5-17(13)21(11-14)10-12-6-7-15(18)16(19)8-12;6-3-2-1-8-11-4(2)10-5(7)9-3/h2-8,10,15H,9,11-12H2,1H3,(H3,25,26,27,28,29);2-8,14,20H,9-11H2,1H3;1H,(H3,7,8,9,10,11). The summed E-state index contributed by atoms with van der Waals surface area (Å²) >= 11 is 30.2. The Labute approximate surface area is 388 Å². The number of H-pyrrole nitrogens is 2. The third kappa shape index (κ3) is 10.1. The third-order valence-electron chi connectivity index (χ3n) is 11.1. The van der Waals surface area contributed by atoms with Gasteiger partial charge in [0.2, 0.25) is 11.9 Å². The molecule has 2 unspecified atom stereocenters. The van der Waals surface area contributed by atoms with Crippen molar-refractivity contribution in [2.45, 2.75) is 38.0 Å². The van der Waals surface area contributed by atoms with Gasteiger partial charge in [-0.1, -0.05) is 107 Å². The molecule has 63 heavy (non-hydrogen) atoms. The first kappa shape index (κ1) is 44.0. The number of rotatable bonds is 7. The number of nitrogens with zero attached hydrogens (tertiary/aromatic N) is 9. The SMILES string of the molecule is CN(c1nc(N)nc2[nH]ncc12)C1Cc2ccccc2N(Cc2ccc(Cl)c(Cl)c2)C1.CNC1Cc2ccccc2N(Cc2ccc(Cl)c(Cl)c2)C1.Nc1nc(Cl)c2cn[nH]c2n1. The summed E-state index contributed by atoms with van der Waals surface area (Å²) in [4.78, 5) is 23.3.